The van der Waals surface area contributed by atoms with E-state index < -0.39 is 0 Å². The number of aryl methyl sites for hydroxylation is 1. The molecule has 3 rings (SSSR count). The first-order valence-corrected chi connectivity index (χ1v) is 6.82. The molecule has 0 fully saturated rings. The second-order valence-corrected chi connectivity index (χ2v) is 4.97. The minimum Gasteiger partial charge on any atom is -0.489 e. The van der Waals surface area contributed by atoms with Crippen LogP contribution in [0.3, 0.4) is 0 Å². The molecule has 0 N–H and O–H groups in total. The first-order chi connectivity index (χ1) is 9.75. The Morgan fingerprint density at radius 3 is 2.95 bits per heavy atom. The van der Waals surface area contributed by atoms with Gasteiger partial charge in [-0.15, -0.1) is 0 Å². The van der Waals surface area contributed by atoms with Crippen molar-refractivity contribution in [1.82, 2.24) is 0 Å². The summed E-state index contributed by atoms with van der Waals surface area (Å²) < 4.78 is 10.9. The number of rotatable bonds is 3. The van der Waals surface area contributed by atoms with Crippen molar-refractivity contribution in [3.05, 3.63) is 48.4 Å². The van der Waals surface area contributed by atoms with E-state index >= 15 is 0 Å². The SMILES string of the molecule is CC1COc2ccccc2N1C(=O)CCc1ccco1. The van der Waals surface area contributed by atoms with Crippen LogP contribution in [0.2, 0.25) is 0 Å². The number of amides is 1. The molecule has 0 bridgehead atoms. The number of carbonyl (C=O) groups is 1. The Labute approximate surface area is 118 Å². The number of hydrogen-bond donors (Lipinski definition) is 0. The third-order valence-electron chi connectivity index (χ3n) is 3.48. The zero-order valence-electron chi connectivity index (χ0n) is 11.4. The number of ether oxygens (including phenoxy) is 1. The van der Waals surface area contributed by atoms with Gasteiger partial charge in [-0.1, -0.05) is 12.1 Å². The molecule has 1 atom stereocenters. The maximum atomic E-state index is 12.5. The van der Waals surface area contributed by atoms with Gasteiger partial charge in [0.1, 0.15) is 18.1 Å². The summed E-state index contributed by atoms with van der Waals surface area (Å²) in [6, 6.07) is 11.4. The lowest BCUT2D eigenvalue weighted by atomic mass is 10.1. The van der Waals surface area contributed by atoms with Gasteiger partial charge in [-0.05, 0) is 31.2 Å². The van der Waals surface area contributed by atoms with Crippen molar-refractivity contribution in [1.29, 1.82) is 0 Å². The lowest BCUT2D eigenvalue weighted by molar-refractivity contribution is -0.119. The van der Waals surface area contributed by atoms with E-state index in [1.165, 1.54) is 0 Å². The largest absolute Gasteiger partial charge is 0.489 e. The van der Waals surface area contributed by atoms with Crippen LogP contribution in [0.5, 0.6) is 5.75 Å². The standard InChI is InChI=1S/C16H17NO3/c1-12-11-20-15-7-3-2-6-14(15)17(12)16(18)9-8-13-5-4-10-19-13/h2-7,10,12H,8-9,11H2,1H3. The average Bonchev–Trinajstić information content (AvgIpc) is 2.98. The topological polar surface area (TPSA) is 42.7 Å². The van der Waals surface area contributed by atoms with Crippen LogP contribution in [-0.4, -0.2) is 18.6 Å². The summed E-state index contributed by atoms with van der Waals surface area (Å²) in [4.78, 5) is 14.3. The fourth-order valence-corrected chi connectivity index (χ4v) is 2.49. The second-order valence-electron chi connectivity index (χ2n) is 4.97. The Morgan fingerprint density at radius 2 is 2.15 bits per heavy atom. The number of hydrogen-bond acceptors (Lipinski definition) is 3. The highest BCUT2D eigenvalue weighted by Crippen LogP contribution is 2.33. The highest BCUT2D eigenvalue weighted by atomic mass is 16.5. The van der Waals surface area contributed by atoms with Crippen LogP contribution in [-0.2, 0) is 11.2 Å². The molecule has 0 saturated heterocycles. The highest BCUT2D eigenvalue weighted by Gasteiger charge is 2.28. The molecule has 0 spiro atoms. The first kappa shape index (κ1) is 12.8. The van der Waals surface area contributed by atoms with Crippen molar-refractivity contribution < 1.29 is 13.9 Å². The number of fused-ring (bicyclic) bond motifs is 1. The molecule has 2 aromatic rings. The van der Waals surface area contributed by atoms with Crippen LogP contribution in [0, 0.1) is 0 Å². The van der Waals surface area contributed by atoms with E-state index in [-0.39, 0.29) is 11.9 Å². The van der Waals surface area contributed by atoms with Gasteiger partial charge in [0.25, 0.3) is 0 Å². The van der Waals surface area contributed by atoms with Gasteiger partial charge in [0.05, 0.1) is 18.0 Å². The Balaban J connectivity index is 1.76. The molecule has 1 aromatic heterocycles. The second kappa shape index (κ2) is 5.41. The Bertz CT molecular complexity index is 592. The normalized spacial score (nSPS) is 17.4. The Kier molecular flexibility index (Phi) is 3.46. The molecule has 0 radical (unpaired) electrons. The molecule has 20 heavy (non-hydrogen) atoms. The van der Waals surface area contributed by atoms with E-state index in [1.54, 1.807) is 6.26 Å². The number of carbonyl (C=O) groups excluding carboxylic acids is 1. The van der Waals surface area contributed by atoms with E-state index in [1.807, 2.05) is 48.2 Å². The molecular weight excluding hydrogens is 254 g/mol. The summed E-state index contributed by atoms with van der Waals surface area (Å²) in [7, 11) is 0. The summed E-state index contributed by atoms with van der Waals surface area (Å²) in [5.41, 5.74) is 0.857. The van der Waals surface area contributed by atoms with Gasteiger partial charge in [-0.3, -0.25) is 4.79 Å². The van der Waals surface area contributed by atoms with Gasteiger partial charge < -0.3 is 14.1 Å². The zero-order chi connectivity index (χ0) is 13.9. The minimum atomic E-state index is 0.0500. The van der Waals surface area contributed by atoms with Crippen LogP contribution in [0.15, 0.2) is 47.1 Å². The minimum absolute atomic E-state index is 0.0500. The van der Waals surface area contributed by atoms with Crippen LogP contribution in [0.25, 0.3) is 0 Å². The van der Waals surface area contributed by atoms with Crippen molar-refractivity contribution in [2.75, 3.05) is 11.5 Å². The molecular formula is C16H17NO3. The summed E-state index contributed by atoms with van der Waals surface area (Å²) >= 11 is 0. The van der Waals surface area contributed by atoms with E-state index in [4.69, 9.17) is 9.15 Å². The first-order valence-electron chi connectivity index (χ1n) is 6.82. The van der Waals surface area contributed by atoms with E-state index in [9.17, 15) is 4.79 Å². The maximum absolute atomic E-state index is 12.5. The number of benzene rings is 1. The molecule has 1 amide bonds. The molecule has 4 heteroatoms. The average molecular weight is 271 g/mol. The van der Waals surface area contributed by atoms with Gasteiger partial charge in [0, 0.05) is 12.8 Å². The number of furan rings is 1. The number of para-hydroxylation sites is 2. The fourth-order valence-electron chi connectivity index (χ4n) is 2.49. The quantitative estimate of drug-likeness (QED) is 0.861. The molecule has 1 aliphatic rings. The smallest absolute Gasteiger partial charge is 0.227 e. The summed E-state index contributed by atoms with van der Waals surface area (Å²) in [6.07, 6.45) is 2.69. The Morgan fingerprint density at radius 1 is 1.30 bits per heavy atom. The van der Waals surface area contributed by atoms with Gasteiger partial charge in [-0.25, -0.2) is 0 Å². The fraction of sp³-hybridized carbons (Fsp3) is 0.312. The lowest BCUT2D eigenvalue weighted by Crippen LogP contribution is -2.45. The van der Waals surface area contributed by atoms with Gasteiger partial charge >= 0.3 is 0 Å². The predicted molar refractivity (Wildman–Crippen MR) is 75.9 cm³/mol. The van der Waals surface area contributed by atoms with Crippen molar-refractivity contribution in [3.63, 3.8) is 0 Å². The van der Waals surface area contributed by atoms with E-state index in [0.29, 0.717) is 19.4 Å². The van der Waals surface area contributed by atoms with Gasteiger partial charge in [0.15, 0.2) is 0 Å². The maximum Gasteiger partial charge on any atom is 0.227 e. The Hall–Kier alpha value is -2.23. The van der Waals surface area contributed by atoms with E-state index in [2.05, 4.69) is 0 Å². The van der Waals surface area contributed by atoms with Crippen molar-refractivity contribution >= 4 is 11.6 Å². The predicted octanol–water partition coefficient (Wildman–Crippen LogP) is 3.03. The van der Waals surface area contributed by atoms with E-state index in [0.717, 1.165) is 17.2 Å². The van der Waals surface area contributed by atoms with Gasteiger partial charge in [-0.2, -0.15) is 0 Å². The van der Waals surface area contributed by atoms with Crippen molar-refractivity contribution in [2.24, 2.45) is 0 Å². The molecule has 0 saturated carbocycles. The third kappa shape index (κ3) is 2.41. The van der Waals surface area contributed by atoms with Crippen molar-refractivity contribution in [2.45, 2.75) is 25.8 Å². The highest BCUT2D eigenvalue weighted by molar-refractivity contribution is 5.96. The van der Waals surface area contributed by atoms with Crippen LogP contribution < -0.4 is 9.64 Å². The van der Waals surface area contributed by atoms with Crippen LogP contribution >= 0.6 is 0 Å². The van der Waals surface area contributed by atoms with Crippen molar-refractivity contribution in [3.8, 4) is 5.75 Å². The van der Waals surface area contributed by atoms with Crippen LogP contribution in [0.4, 0.5) is 5.69 Å². The van der Waals surface area contributed by atoms with Gasteiger partial charge in [0.2, 0.25) is 5.91 Å². The summed E-state index contributed by atoms with van der Waals surface area (Å²) in [5, 5.41) is 0. The number of nitrogens with zero attached hydrogens (tertiary/aromatic N) is 1. The zero-order valence-corrected chi connectivity index (χ0v) is 11.4. The van der Waals surface area contributed by atoms with Crippen LogP contribution in [0.1, 0.15) is 19.1 Å². The summed E-state index contributed by atoms with van der Waals surface area (Å²) in [5.74, 6) is 1.72. The summed E-state index contributed by atoms with van der Waals surface area (Å²) in [6.45, 7) is 2.53. The molecule has 0 aliphatic carbocycles. The molecule has 4 nitrogen and oxygen atoms in total. The number of anilines is 1. The molecule has 1 unspecified atom stereocenters. The third-order valence-corrected chi connectivity index (χ3v) is 3.48. The monoisotopic (exact) mass is 271 g/mol. The molecule has 104 valence electrons. The molecule has 1 aliphatic heterocycles. The lowest BCUT2D eigenvalue weighted by Gasteiger charge is -2.35. The molecule has 2 heterocycles. The molecule has 1 aromatic carbocycles.